The van der Waals surface area contributed by atoms with Crippen molar-refractivity contribution in [2.45, 2.75) is 13.5 Å². The zero-order chi connectivity index (χ0) is 13.8. The summed E-state index contributed by atoms with van der Waals surface area (Å²) in [4.78, 5) is 12.0. The van der Waals surface area contributed by atoms with Crippen LogP contribution >= 0.6 is 27.3 Å². The lowest BCUT2D eigenvalue weighted by Crippen LogP contribution is -2.08. The fraction of sp³-hybridized carbons (Fsp3) is 0.154. The lowest BCUT2D eigenvalue weighted by Gasteiger charge is -2.09. The number of benzene rings is 1. The fourth-order valence-electron chi connectivity index (χ4n) is 1.59. The molecular weight excluding hydrogens is 331 g/mol. The summed E-state index contributed by atoms with van der Waals surface area (Å²) in [6.45, 7) is 1.92. The first kappa shape index (κ1) is 14.0. The second-order valence-electron chi connectivity index (χ2n) is 3.92. The van der Waals surface area contributed by atoms with E-state index >= 15 is 0 Å². The van der Waals surface area contributed by atoms with Gasteiger partial charge in [-0.05, 0) is 29.6 Å². The number of amides is 1. The molecule has 2 rings (SSSR count). The van der Waals surface area contributed by atoms with Crippen molar-refractivity contribution in [1.82, 2.24) is 0 Å². The summed E-state index contributed by atoms with van der Waals surface area (Å²) in [5, 5.41) is 7.66. The summed E-state index contributed by atoms with van der Waals surface area (Å²) in [5.41, 5.74) is 1.19. The fourth-order valence-corrected chi connectivity index (χ4v) is 2.72. The average molecular weight is 343 g/mol. The van der Waals surface area contributed by atoms with Gasteiger partial charge in [-0.3, -0.25) is 4.79 Å². The maximum atomic E-state index is 13.6. The molecule has 6 heteroatoms. The Labute approximate surface area is 123 Å². The van der Waals surface area contributed by atoms with Gasteiger partial charge in [-0.2, -0.15) is 0 Å². The summed E-state index contributed by atoms with van der Waals surface area (Å²) in [7, 11) is 0. The highest BCUT2D eigenvalue weighted by atomic mass is 79.9. The van der Waals surface area contributed by atoms with Crippen LogP contribution in [0.3, 0.4) is 0 Å². The standard InChI is InChI=1S/C13H12BrFN2OS/c1-8(18)17-11-4-5-19-13(11)7-16-12-6-9(14)2-3-10(12)15/h2-6,16H,7H2,1H3,(H,17,18). The van der Waals surface area contributed by atoms with Gasteiger partial charge in [-0.15, -0.1) is 11.3 Å². The van der Waals surface area contributed by atoms with E-state index in [1.165, 1.54) is 24.3 Å². The van der Waals surface area contributed by atoms with Crippen LogP contribution in [0.15, 0.2) is 34.1 Å². The molecule has 0 saturated carbocycles. The Kier molecular flexibility index (Phi) is 4.55. The Morgan fingerprint density at radius 2 is 2.16 bits per heavy atom. The van der Waals surface area contributed by atoms with Gasteiger partial charge in [-0.25, -0.2) is 4.39 Å². The second kappa shape index (κ2) is 6.16. The third kappa shape index (κ3) is 3.78. The van der Waals surface area contributed by atoms with Crippen molar-refractivity contribution in [3.05, 3.63) is 44.8 Å². The van der Waals surface area contributed by atoms with Gasteiger partial charge in [0.2, 0.25) is 5.91 Å². The molecule has 3 nitrogen and oxygen atoms in total. The Morgan fingerprint density at radius 1 is 1.37 bits per heavy atom. The molecule has 0 atom stereocenters. The van der Waals surface area contributed by atoms with Gasteiger partial charge >= 0.3 is 0 Å². The number of thiophene rings is 1. The molecule has 19 heavy (non-hydrogen) atoms. The van der Waals surface area contributed by atoms with E-state index < -0.39 is 0 Å². The van der Waals surface area contributed by atoms with E-state index in [-0.39, 0.29) is 11.7 Å². The molecule has 0 aliphatic heterocycles. The zero-order valence-corrected chi connectivity index (χ0v) is 12.6. The molecular formula is C13H12BrFN2OS. The smallest absolute Gasteiger partial charge is 0.221 e. The molecule has 0 bridgehead atoms. The molecule has 1 heterocycles. The number of carbonyl (C=O) groups is 1. The summed E-state index contributed by atoms with van der Waals surface area (Å²) in [6.07, 6.45) is 0. The number of anilines is 2. The summed E-state index contributed by atoms with van der Waals surface area (Å²) < 4.78 is 14.4. The van der Waals surface area contributed by atoms with Crippen LogP contribution < -0.4 is 10.6 Å². The van der Waals surface area contributed by atoms with Gasteiger partial charge < -0.3 is 10.6 Å². The molecule has 0 fully saturated rings. The molecule has 1 aromatic carbocycles. The van der Waals surface area contributed by atoms with Crippen LogP contribution in [0.25, 0.3) is 0 Å². The number of hydrogen-bond acceptors (Lipinski definition) is 3. The minimum absolute atomic E-state index is 0.117. The minimum atomic E-state index is -0.305. The topological polar surface area (TPSA) is 41.1 Å². The van der Waals surface area contributed by atoms with E-state index in [4.69, 9.17) is 0 Å². The Bertz CT molecular complexity index is 600. The van der Waals surface area contributed by atoms with Crippen LogP contribution in [-0.2, 0) is 11.3 Å². The van der Waals surface area contributed by atoms with Crippen LogP contribution in [0.5, 0.6) is 0 Å². The van der Waals surface area contributed by atoms with Crippen molar-refractivity contribution in [3.8, 4) is 0 Å². The van der Waals surface area contributed by atoms with Crippen LogP contribution in [0.2, 0.25) is 0 Å². The van der Waals surface area contributed by atoms with Gasteiger partial charge in [0.15, 0.2) is 0 Å². The van der Waals surface area contributed by atoms with E-state index in [0.29, 0.717) is 12.2 Å². The average Bonchev–Trinajstić information content (AvgIpc) is 2.77. The second-order valence-corrected chi connectivity index (χ2v) is 5.83. The van der Waals surface area contributed by atoms with Crippen molar-refractivity contribution in [1.29, 1.82) is 0 Å². The molecule has 0 unspecified atom stereocenters. The largest absolute Gasteiger partial charge is 0.378 e. The summed E-state index contributed by atoms with van der Waals surface area (Å²) in [5.74, 6) is -0.422. The molecule has 100 valence electrons. The predicted molar refractivity (Wildman–Crippen MR) is 80.0 cm³/mol. The van der Waals surface area contributed by atoms with Crippen molar-refractivity contribution in [2.75, 3.05) is 10.6 Å². The highest BCUT2D eigenvalue weighted by Crippen LogP contribution is 2.25. The normalized spacial score (nSPS) is 10.3. The van der Waals surface area contributed by atoms with Crippen LogP contribution in [0.4, 0.5) is 15.8 Å². The number of halogens is 2. The van der Waals surface area contributed by atoms with Gasteiger partial charge in [0.25, 0.3) is 0 Å². The Hall–Kier alpha value is -1.40. The monoisotopic (exact) mass is 342 g/mol. The van der Waals surface area contributed by atoms with Crippen molar-refractivity contribution >= 4 is 44.5 Å². The third-order valence-electron chi connectivity index (χ3n) is 2.42. The molecule has 1 aromatic heterocycles. The molecule has 0 radical (unpaired) electrons. The lowest BCUT2D eigenvalue weighted by molar-refractivity contribution is -0.114. The van der Waals surface area contributed by atoms with E-state index in [1.54, 1.807) is 12.1 Å². The molecule has 2 N–H and O–H groups in total. The van der Waals surface area contributed by atoms with E-state index in [9.17, 15) is 9.18 Å². The maximum Gasteiger partial charge on any atom is 0.221 e. The van der Waals surface area contributed by atoms with Gasteiger partial charge in [0.1, 0.15) is 5.82 Å². The van der Waals surface area contributed by atoms with E-state index in [0.717, 1.165) is 15.0 Å². The SMILES string of the molecule is CC(=O)Nc1ccsc1CNc1cc(Br)ccc1F. The van der Waals surface area contributed by atoms with Crippen molar-refractivity contribution in [2.24, 2.45) is 0 Å². The molecule has 2 aromatic rings. The van der Waals surface area contributed by atoms with Crippen molar-refractivity contribution < 1.29 is 9.18 Å². The zero-order valence-electron chi connectivity index (χ0n) is 10.2. The van der Waals surface area contributed by atoms with Gasteiger partial charge in [-0.1, -0.05) is 15.9 Å². The van der Waals surface area contributed by atoms with E-state index in [1.807, 2.05) is 11.4 Å². The summed E-state index contributed by atoms with van der Waals surface area (Å²) in [6, 6.07) is 6.56. The number of rotatable bonds is 4. The van der Waals surface area contributed by atoms with Gasteiger partial charge in [0, 0.05) is 16.3 Å². The number of hydrogen-bond donors (Lipinski definition) is 2. The van der Waals surface area contributed by atoms with Gasteiger partial charge in [0.05, 0.1) is 17.9 Å². The number of carbonyl (C=O) groups excluding carboxylic acids is 1. The highest BCUT2D eigenvalue weighted by Gasteiger charge is 2.07. The quantitative estimate of drug-likeness (QED) is 0.873. The Morgan fingerprint density at radius 3 is 2.89 bits per heavy atom. The first-order valence-electron chi connectivity index (χ1n) is 5.59. The number of nitrogens with one attached hydrogen (secondary N) is 2. The van der Waals surface area contributed by atoms with E-state index in [2.05, 4.69) is 26.6 Å². The van der Waals surface area contributed by atoms with Crippen LogP contribution in [0.1, 0.15) is 11.8 Å². The first-order valence-corrected chi connectivity index (χ1v) is 7.26. The minimum Gasteiger partial charge on any atom is -0.378 e. The highest BCUT2D eigenvalue weighted by molar-refractivity contribution is 9.10. The Balaban J connectivity index is 2.08. The molecule has 0 aliphatic carbocycles. The third-order valence-corrected chi connectivity index (χ3v) is 3.84. The molecule has 0 spiro atoms. The molecule has 0 saturated heterocycles. The molecule has 0 aliphatic rings. The summed E-state index contributed by atoms with van der Waals surface area (Å²) >= 11 is 4.81. The lowest BCUT2D eigenvalue weighted by atomic mass is 10.3. The van der Waals surface area contributed by atoms with Crippen LogP contribution in [-0.4, -0.2) is 5.91 Å². The maximum absolute atomic E-state index is 13.6. The molecule has 1 amide bonds. The van der Waals surface area contributed by atoms with Crippen LogP contribution in [0, 0.1) is 5.82 Å². The van der Waals surface area contributed by atoms with Crippen molar-refractivity contribution in [3.63, 3.8) is 0 Å². The first-order chi connectivity index (χ1) is 9.06. The predicted octanol–water partition coefficient (Wildman–Crippen LogP) is 4.22.